The Balaban J connectivity index is 1.36. The van der Waals surface area contributed by atoms with Crippen molar-refractivity contribution in [2.45, 2.75) is 45.1 Å². The van der Waals surface area contributed by atoms with Gasteiger partial charge in [-0.15, -0.1) is 10.2 Å². The van der Waals surface area contributed by atoms with E-state index in [9.17, 15) is 9.90 Å². The largest absolute Gasteiger partial charge is 0.493 e. The van der Waals surface area contributed by atoms with E-state index < -0.39 is 0 Å². The summed E-state index contributed by atoms with van der Waals surface area (Å²) in [6.07, 6.45) is 6.21. The first kappa shape index (κ1) is 25.4. The average Bonchev–Trinajstić information content (AvgIpc) is 3.19. The van der Waals surface area contributed by atoms with E-state index in [0.717, 1.165) is 67.9 Å². The number of aromatic hydroxyl groups is 1. The highest BCUT2D eigenvalue weighted by Gasteiger charge is 2.22. The number of morpholine rings is 1. The molecule has 2 fully saturated rings. The van der Waals surface area contributed by atoms with Crippen molar-refractivity contribution in [2.24, 2.45) is 16.1 Å². The molecule has 2 aliphatic rings. The third-order valence-corrected chi connectivity index (χ3v) is 7.39. The van der Waals surface area contributed by atoms with Crippen LogP contribution in [0.15, 0.2) is 58.8 Å². The minimum absolute atomic E-state index is 0.0577. The molecule has 1 saturated carbocycles. The van der Waals surface area contributed by atoms with E-state index >= 15 is 0 Å². The molecule has 1 amide bonds. The average molecular weight is 505 g/mol. The summed E-state index contributed by atoms with van der Waals surface area (Å²) in [5.41, 5.74) is 2.08. The molecule has 0 unspecified atom stereocenters. The Labute approximate surface area is 217 Å². The summed E-state index contributed by atoms with van der Waals surface area (Å²) in [6, 6.07) is 15.3. The first-order valence-corrected chi connectivity index (χ1v) is 13.4. The fourth-order valence-corrected chi connectivity index (χ4v) is 5.33. The standard InChI is InChI=1S/C29H36N4O4/c34-27(19-22-7-3-1-4-8-22)30-31-28-25-12-11-24(37-18-15-32-13-16-36-17-14-32)20-26(25)33(29(28)35)21-23-9-5-2-6-10-23/h1,3-4,7-8,11-12,20,23,35H,2,5-6,9-10,13-19,21H2. The molecule has 37 heavy (non-hydrogen) atoms. The van der Waals surface area contributed by atoms with Crippen LogP contribution in [0, 0.1) is 5.92 Å². The first-order valence-electron chi connectivity index (χ1n) is 13.4. The highest BCUT2D eigenvalue weighted by atomic mass is 16.5. The van der Waals surface area contributed by atoms with Crippen LogP contribution in [0.25, 0.3) is 10.9 Å². The van der Waals surface area contributed by atoms with E-state index in [4.69, 9.17) is 9.47 Å². The smallest absolute Gasteiger partial charge is 0.269 e. The summed E-state index contributed by atoms with van der Waals surface area (Å²) in [5.74, 6) is 0.974. The van der Waals surface area contributed by atoms with Crippen molar-refractivity contribution in [2.75, 3.05) is 39.5 Å². The zero-order valence-electron chi connectivity index (χ0n) is 21.3. The summed E-state index contributed by atoms with van der Waals surface area (Å²) in [6.45, 7) is 5.54. The normalized spacial score (nSPS) is 17.5. The van der Waals surface area contributed by atoms with Crippen molar-refractivity contribution in [3.05, 3.63) is 54.1 Å². The minimum Gasteiger partial charge on any atom is -0.493 e. The van der Waals surface area contributed by atoms with Crippen LogP contribution in [0.2, 0.25) is 0 Å². The van der Waals surface area contributed by atoms with Gasteiger partial charge in [0.05, 0.1) is 25.2 Å². The molecule has 8 nitrogen and oxygen atoms in total. The monoisotopic (exact) mass is 504 g/mol. The summed E-state index contributed by atoms with van der Waals surface area (Å²) in [7, 11) is 0. The van der Waals surface area contributed by atoms with Crippen LogP contribution in [-0.2, 0) is 22.5 Å². The van der Waals surface area contributed by atoms with Gasteiger partial charge in [0, 0.05) is 37.6 Å². The number of rotatable bonds is 9. The summed E-state index contributed by atoms with van der Waals surface area (Å²) in [4.78, 5) is 14.8. The SMILES string of the molecule is O=C(Cc1ccccc1)N=Nc1c(O)n(CC2CCCCC2)c2cc(OCCN3CCOCC3)ccc12. The Morgan fingerprint density at radius 1 is 1.05 bits per heavy atom. The Hall–Kier alpha value is -3.23. The van der Waals surface area contributed by atoms with Gasteiger partial charge in [0.1, 0.15) is 12.4 Å². The first-order chi connectivity index (χ1) is 18.2. The van der Waals surface area contributed by atoms with Crippen molar-refractivity contribution < 1.29 is 19.4 Å². The predicted molar refractivity (Wildman–Crippen MR) is 143 cm³/mol. The molecule has 0 atom stereocenters. The Bertz CT molecular complexity index is 1210. The molecular weight excluding hydrogens is 468 g/mol. The number of ether oxygens (including phenoxy) is 2. The molecule has 5 rings (SSSR count). The number of fused-ring (bicyclic) bond motifs is 1. The van der Waals surface area contributed by atoms with E-state index in [0.29, 0.717) is 24.8 Å². The van der Waals surface area contributed by atoms with Gasteiger partial charge in [0.2, 0.25) is 5.88 Å². The molecule has 1 N–H and O–H groups in total. The third kappa shape index (κ3) is 6.56. The third-order valence-electron chi connectivity index (χ3n) is 7.39. The zero-order chi connectivity index (χ0) is 25.5. The summed E-state index contributed by atoms with van der Waals surface area (Å²) < 4.78 is 13.4. The number of nitrogens with zero attached hydrogens (tertiary/aromatic N) is 4. The van der Waals surface area contributed by atoms with Gasteiger partial charge >= 0.3 is 0 Å². The van der Waals surface area contributed by atoms with Gasteiger partial charge in [0.25, 0.3) is 5.91 Å². The minimum atomic E-state index is -0.346. The predicted octanol–water partition coefficient (Wildman–Crippen LogP) is 5.49. The van der Waals surface area contributed by atoms with Crippen LogP contribution in [0.4, 0.5) is 5.69 Å². The number of aromatic nitrogens is 1. The second-order valence-corrected chi connectivity index (χ2v) is 10.0. The molecule has 0 radical (unpaired) electrons. The quantitative estimate of drug-likeness (QED) is 0.389. The van der Waals surface area contributed by atoms with Crippen LogP contribution in [0.5, 0.6) is 11.6 Å². The van der Waals surface area contributed by atoms with Crippen molar-refractivity contribution in [1.29, 1.82) is 0 Å². The number of carbonyl (C=O) groups excluding carboxylic acids is 1. The lowest BCUT2D eigenvalue weighted by Gasteiger charge is -2.26. The van der Waals surface area contributed by atoms with Crippen molar-refractivity contribution >= 4 is 22.5 Å². The lowest BCUT2D eigenvalue weighted by Crippen LogP contribution is -2.38. The molecule has 8 heteroatoms. The van der Waals surface area contributed by atoms with Gasteiger partial charge in [0.15, 0.2) is 5.69 Å². The highest BCUT2D eigenvalue weighted by Crippen LogP contribution is 2.41. The van der Waals surface area contributed by atoms with Gasteiger partial charge in [-0.3, -0.25) is 9.69 Å². The number of azo groups is 1. The van der Waals surface area contributed by atoms with Crippen LogP contribution < -0.4 is 4.74 Å². The Morgan fingerprint density at radius 2 is 1.84 bits per heavy atom. The molecule has 196 valence electrons. The number of hydrogen-bond acceptors (Lipinski definition) is 6. The zero-order valence-corrected chi connectivity index (χ0v) is 21.3. The molecule has 3 aromatic rings. The fraction of sp³-hybridized carbons (Fsp3) is 0.483. The molecular formula is C29H36N4O4. The number of amides is 1. The van der Waals surface area contributed by atoms with E-state index in [1.165, 1.54) is 19.3 Å². The highest BCUT2D eigenvalue weighted by molar-refractivity contribution is 5.96. The molecule has 0 bridgehead atoms. The van der Waals surface area contributed by atoms with E-state index in [1.807, 2.05) is 53.1 Å². The Kier molecular flexibility index (Phi) is 8.48. The molecule has 1 aliphatic heterocycles. The van der Waals surface area contributed by atoms with E-state index in [1.54, 1.807) is 0 Å². The summed E-state index contributed by atoms with van der Waals surface area (Å²) >= 11 is 0. The maximum absolute atomic E-state index is 12.5. The lowest BCUT2D eigenvalue weighted by molar-refractivity contribution is -0.117. The fourth-order valence-electron chi connectivity index (χ4n) is 5.33. The molecule has 1 aliphatic carbocycles. The van der Waals surface area contributed by atoms with Crippen molar-refractivity contribution in [3.8, 4) is 11.6 Å². The van der Waals surface area contributed by atoms with Crippen molar-refractivity contribution in [1.82, 2.24) is 9.47 Å². The van der Waals surface area contributed by atoms with Gasteiger partial charge in [-0.05, 0) is 36.5 Å². The van der Waals surface area contributed by atoms with Gasteiger partial charge in [-0.2, -0.15) is 0 Å². The van der Waals surface area contributed by atoms with Gasteiger partial charge in [-0.25, -0.2) is 0 Å². The van der Waals surface area contributed by atoms with Gasteiger partial charge in [-0.1, -0.05) is 49.6 Å². The second-order valence-electron chi connectivity index (χ2n) is 10.0. The molecule has 0 spiro atoms. The second kappa shape index (κ2) is 12.3. The maximum Gasteiger partial charge on any atom is 0.269 e. The topological polar surface area (TPSA) is 88.6 Å². The number of carbonyl (C=O) groups is 1. The van der Waals surface area contributed by atoms with E-state index in [-0.39, 0.29) is 18.2 Å². The van der Waals surface area contributed by atoms with Crippen LogP contribution in [-0.4, -0.2) is 59.9 Å². The molecule has 2 heterocycles. The number of hydrogen-bond donors (Lipinski definition) is 1. The van der Waals surface area contributed by atoms with Crippen molar-refractivity contribution in [3.63, 3.8) is 0 Å². The Morgan fingerprint density at radius 3 is 2.62 bits per heavy atom. The molecule has 2 aromatic carbocycles. The lowest BCUT2D eigenvalue weighted by atomic mass is 9.89. The van der Waals surface area contributed by atoms with Crippen LogP contribution >= 0.6 is 0 Å². The van der Waals surface area contributed by atoms with Crippen LogP contribution in [0.1, 0.15) is 37.7 Å². The summed E-state index contributed by atoms with van der Waals surface area (Å²) in [5, 5.41) is 20.2. The van der Waals surface area contributed by atoms with Gasteiger partial charge < -0.3 is 19.1 Å². The number of benzene rings is 2. The molecule has 1 saturated heterocycles. The maximum atomic E-state index is 12.5. The van der Waals surface area contributed by atoms with Crippen LogP contribution in [0.3, 0.4) is 0 Å². The molecule has 1 aromatic heterocycles. The van der Waals surface area contributed by atoms with E-state index in [2.05, 4.69) is 15.1 Å².